The van der Waals surface area contributed by atoms with E-state index in [0.717, 1.165) is 18.4 Å². The first-order valence-electron chi connectivity index (χ1n) is 7.25. The number of amides is 1. The number of rotatable bonds is 8. The summed E-state index contributed by atoms with van der Waals surface area (Å²) in [5.74, 6) is -1.13. The van der Waals surface area contributed by atoms with Crippen molar-refractivity contribution in [2.24, 2.45) is 5.92 Å². The van der Waals surface area contributed by atoms with Gasteiger partial charge in [0, 0.05) is 11.7 Å². The number of nitrogen functional groups attached to an aromatic ring is 1. The fourth-order valence-electron chi connectivity index (χ4n) is 2.07. The van der Waals surface area contributed by atoms with E-state index in [0.29, 0.717) is 18.5 Å². The van der Waals surface area contributed by atoms with E-state index in [2.05, 4.69) is 5.32 Å². The molecule has 0 radical (unpaired) electrons. The third-order valence-corrected chi connectivity index (χ3v) is 3.45. The lowest BCUT2D eigenvalue weighted by atomic mass is 10.0. The molecule has 0 aliphatic heterocycles. The molecule has 21 heavy (non-hydrogen) atoms. The third kappa shape index (κ3) is 6.79. The molecule has 2 atom stereocenters. The minimum Gasteiger partial charge on any atom is -0.481 e. The van der Waals surface area contributed by atoms with Crippen molar-refractivity contribution in [1.29, 1.82) is 0 Å². The van der Waals surface area contributed by atoms with Gasteiger partial charge in [-0.3, -0.25) is 9.59 Å². The van der Waals surface area contributed by atoms with E-state index >= 15 is 0 Å². The van der Waals surface area contributed by atoms with Crippen LogP contribution in [0.5, 0.6) is 0 Å². The van der Waals surface area contributed by atoms with Gasteiger partial charge in [0.05, 0.1) is 12.3 Å². The Hall–Kier alpha value is -2.04. The van der Waals surface area contributed by atoms with Crippen LogP contribution in [0, 0.1) is 5.92 Å². The zero-order valence-electron chi connectivity index (χ0n) is 12.6. The van der Waals surface area contributed by atoms with Gasteiger partial charge in [0.2, 0.25) is 5.91 Å². The molecule has 2 unspecified atom stereocenters. The molecule has 1 aromatic carbocycles. The number of carboxylic acid groups (broad SMARTS) is 1. The van der Waals surface area contributed by atoms with Crippen molar-refractivity contribution in [3.8, 4) is 0 Å². The Labute approximate surface area is 125 Å². The minimum absolute atomic E-state index is 0.0291. The van der Waals surface area contributed by atoms with Gasteiger partial charge in [-0.25, -0.2) is 0 Å². The van der Waals surface area contributed by atoms with E-state index in [9.17, 15) is 9.59 Å². The fraction of sp³-hybridized carbons (Fsp3) is 0.500. The molecule has 0 bridgehead atoms. The molecule has 0 saturated carbocycles. The number of benzene rings is 1. The molecular formula is C16H24N2O3. The Morgan fingerprint density at radius 1 is 1.19 bits per heavy atom. The zero-order valence-corrected chi connectivity index (χ0v) is 12.6. The van der Waals surface area contributed by atoms with Crippen LogP contribution in [0.15, 0.2) is 24.3 Å². The number of hydrogen-bond acceptors (Lipinski definition) is 3. The number of carbonyl (C=O) groups excluding carboxylic acids is 1. The summed E-state index contributed by atoms with van der Waals surface area (Å²) in [5, 5.41) is 11.7. The quantitative estimate of drug-likeness (QED) is 0.640. The average molecular weight is 292 g/mol. The standard InChI is InChI=1S/C16H24N2O3/c1-11(16(20)21)4-3-5-12(2)18-15(19)10-13-6-8-14(17)9-7-13/h6-9,11-12H,3-5,10,17H2,1-2H3,(H,18,19)(H,20,21). The van der Waals surface area contributed by atoms with Gasteiger partial charge in [-0.15, -0.1) is 0 Å². The van der Waals surface area contributed by atoms with Crippen LogP contribution in [0.3, 0.4) is 0 Å². The predicted molar refractivity (Wildman–Crippen MR) is 82.8 cm³/mol. The van der Waals surface area contributed by atoms with Crippen molar-refractivity contribution in [1.82, 2.24) is 5.32 Å². The molecule has 5 heteroatoms. The van der Waals surface area contributed by atoms with E-state index in [1.807, 2.05) is 19.1 Å². The monoisotopic (exact) mass is 292 g/mol. The molecule has 1 aromatic rings. The van der Waals surface area contributed by atoms with Crippen molar-refractivity contribution in [3.63, 3.8) is 0 Å². The molecule has 0 saturated heterocycles. The minimum atomic E-state index is -0.768. The lowest BCUT2D eigenvalue weighted by Gasteiger charge is -2.14. The highest BCUT2D eigenvalue weighted by Crippen LogP contribution is 2.10. The molecule has 0 aliphatic carbocycles. The zero-order chi connectivity index (χ0) is 15.8. The number of carbonyl (C=O) groups is 2. The molecule has 0 aromatic heterocycles. The highest BCUT2D eigenvalue weighted by molar-refractivity contribution is 5.78. The summed E-state index contributed by atoms with van der Waals surface area (Å²) in [7, 11) is 0. The first-order valence-corrected chi connectivity index (χ1v) is 7.25. The van der Waals surface area contributed by atoms with Crippen molar-refractivity contribution >= 4 is 17.6 Å². The van der Waals surface area contributed by atoms with Crippen LogP contribution in [0.2, 0.25) is 0 Å². The SMILES string of the molecule is CC(CCCC(C)C(=O)O)NC(=O)Cc1ccc(N)cc1. The van der Waals surface area contributed by atoms with Crippen LogP contribution in [0.25, 0.3) is 0 Å². The van der Waals surface area contributed by atoms with Gasteiger partial charge in [-0.2, -0.15) is 0 Å². The molecule has 1 rings (SSSR count). The normalized spacial score (nSPS) is 13.4. The summed E-state index contributed by atoms with van der Waals surface area (Å²) >= 11 is 0. The Balaban J connectivity index is 2.27. The Bertz CT molecular complexity index is 471. The summed E-state index contributed by atoms with van der Waals surface area (Å²) in [6, 6.07) is 7.29. The molecule has 0 aliphatic rings. The van der Waals surface area contributed by atoms with E-state index in [1.165, 1.54) is 0 Å². The summed E-state index contributed by atoms with van der Waals surface area (Å²) in [4.78, 5) is 22.6. The van der Waals surface area contributed by atoms with E-state index < -0.39 is 5.97 Å². The number of anilines is 1. The lowest BCUT2D eigenvalue weighted by Crippen LogP contribution is -2.33. The maximum absolute atomic E-state index is 11.9. The van der Waals surface area contributed by atoms with Crippen molar-refractivity contribution in [2.45, 2.75) is 45.6 Å². The summed E-state index contributed by atoms with van der Waals surface area (Å²) in [5.41, 5.74) is 7.20. The molecule has 5 nitrogen and oxygen atoms in total. The van der Waals surface area contributed by atoms with Gasteiger partial charge in [0.1, 0.15) is 0 Å². The summed E-state index contributed by atoms with van der Waals surface area (Å²) < 4.78 is 0. The van der Waals surface area contributed by atoms with Crippen molar-refractivity contribution in [3.05, 3.63) is 29.8 Å². The largest absolute Gasteiger partial charge is 0.481 e. The summed E-state index contributed by atoms with van der Waals surface area (Å²) in [6.45, 7) is 3.64. The van der Waals surface area contributed by atoms with E-state index in [1.54, 1.807) is 19.1 Å². The van der Waals surface area contributed by atoms with Crippen LogP contribution in [-0.4, -0.2) is 23.0 Å². The highest BCUT2D eigenvalue weighted by atomic mass is 16.4. The molecule has 1 amide bonds. The van der Waals surface area contributed by atoms with Crippen LogP contribution < -0.4 is 11.1 Å². The maximum Gasteiger partial charge on any atom is 0.306 e. The van der Waals surface area contributed by atoms with E-state index in [-0.39, 0.29) is 17.9 Å². The number of hydrogen-bond donors (Lipinski definition) is 3. The van der Waals surface area contributed by atoms with Gasteiger partial charge < -0.3 is 16.2 Å². The smallest absolute Gasteiger partial charge is 0.306 e. The van der Waals surface area contributed by atoms with Gasteiger partial charge in [0.25, 0.3) is 0 Å². The van der Waals surface area contributed by atoms with Crippen LogP contribution in [0.1, 0.15) is 38.7 Å². The third-order valence-electron chi connectivity index (χ3n) is 3.45. The van der Waals surface area contributed by atoms with Gasteiger partial charge in [-0.1, -0.05) is 25.5 Å². The second-order valence-electron chi connectivity index (χ2n) is 5.56. The second kappa shape index (κ2) is 8.29. The Morgan fingerprint density at radius 2 is 1.81 bits per heavy atom. The second-order valence-corrected chi connectivity index (χ2v) is 5.56. The van der Waals surface area contributed by atoms with E-state index in [4.69, 9.17) is 10.8 Å². The molecule has 4 N–H and O–H groups in total. The fourth-order valence-corrected chi connectivity index (χ4v) is 2.07. The first kappa shape index (κ1) is 17.0. The predicted octanol–water partition coefficient (Wildman–Crippen LogP) is 2.21. The molecule has 0 spiro atoms. The summed E-state index contributed by atoms with van der Waals surface area (Å²) in [6.07, 6.45) is 2.53. The number of carboxylic acids is 1. The number of nitrogens with one attached hydrogen (secondary N) is 1. The van der Waals surface area contributed by atoms with Gasteiger partial charge >= 0.3 is 5.97 Å². The highest BCUT2D eigenvalue weighted by Gasteiger charge is 2.12. The van der Waals surface area contributed by atoms with Gasteiger partial charge in [0.15, 0.2) is 0 Å². The average Bonchev–Trinajstić information content (AvgIpc) is 2.41. The van der Waals surface area contributed by atoms with Crippen molar-refractivity contribution in [2.75, 3.05) is 5.73 Å². The maximum atomic E-state index is 11.9. The number of aliphatic carboxylic acids is 1. The Morgan fingerprint density at radius 3 is 2.38 bits per heavy atom. The van der Waals surface area contributed by atoms with Crippen LogP contribution >= 0.6 is 0 Å². The molecule has 0 heterocycles. The molecular weight excluding hydrogens is 268 g/mol. The molecule has 0 fully saturated rings. The molecule has 116 valence electrons. The van der Waals surface area contributed by atoms with Crippen LogP contribution in [-0.2, 0) is 16.0 Å². The van der Waals surface area contributed by atoms with Gasteiger partial charge in [-0.05, 0) is 37.5 Å². The lowest BCUT2D eigenvalue weighted by molar-refractivity contribution is -0.141. The van der Waals surface area contributed by atoms with Crippen LogP contribution in [0.4, 0.5) is 5.69 Å². The number of nitrogens with two attached hydrogens (primary N) is 1. The van der Waals surface area contributed by atoms with Crippen molar-refractivity contribution < 1.29 is 14.7 Å². The topological polar surface area (TPSA) is 92.4 Å². The first-order chi connectivity index (χ1) is 9.88. The Kier molecular flexibility index (Phi) is 6.72.